The Hall–Kier alpha value is -2.35. The third-order valence-corrected chi connectivity index (χ3v) is 5.80. The van der Waals surface area contributed by atoms with E-state index in [4.69, 9.17) is 0 Å². The van der Waals surface area contributed by atoms with Gasteiger partial charge in [0, 0.05) is 36.8 Å². The average molecular weight is 419 g/mol. The van der Waals surface area contributed by atoms with Gasteiger partial charge in [-0.15, -0.1) is 0 Å². The van der Waals surface area contributed by atoms with E-state index < -0.39 is 0 Å². The fourth-order valence-corrected chi connectivity index (χ4v) is 4.12. The summed E-state index contributed by atoms with van der Waals surface area (Å²) in [5.41, 5.74) is 2.61. The van der Waals surface area contributed by atoms with Crippen LogP contribution < -0.4 is 15.8 Å². The zero-order chi connectivity index (χ0) is 21.0. The van der Waals surface area contributed by atoms with Crippen molar-refractivity contribution < 1.29 is 9.18 Å². The van der Waals surface area contributed by atoms with Crippen molar-refractivity contribution in [2.75, 3.05) is 24.2 Å². The van der Waals surface area contributed by atoms with Gasteiger partial charge in [0.2, 0.25) is 5.91 Å². The number of nitrogens with zero attached hydrogens (tertiary/aromatic N) is 2. The molecule has 6 nitrogen and oxygen atoms in total. The van der Waals surface area contributed by atoms with Crippen molar-refractivity contribution in [3.8, 4) is 0 Å². The first-order valence-electron chi connectivity index (χ1n) is 9.81. The van der Waals surface area contributed by atoms with Crippen molar-refractivity contribution in [3.05, 3.63) is 51.2 Å². The minimum Gasteiger partial charge on any atom is -0.367 e. The van der Waals surface area contributed by atoms with Crippen LogP contribution in [-0.4, -0.2) is 41.3 Å². The van der Waals surface area contributed by atoms with Gasteiger partial charge in [-0.1, -0.05) is 17.8 Å². The molecule has 8 heteroatoms. The first-order valence-corrected chi connectivity index (χ1v) is 11.0. The molecule has 0 aliphatic carbocycles. The lowest BCUT2D eigenvalue weighted by atomic mass is 10.0. The molecular weight excluding hydrogens is 391 g/mol. The van der Waals surface area contributed by atoms with E-state index in [0.717, 1.165) is 24.9 Å². The number of carbonyl (C=O) groups is 1. The lowest BCUT2D eigenvalue weighted by Crippen LogP contribution is -2.48. The number of anilines is 1. The number of aromatic nitrogens is 2. The van der Waals surface area contributed by atoms with Gasteiger partial charge in [0.15, 0.2) is 5.16 Å². The molecule has 1 fully saturated rings. The Balaban J connectivity index is 1.58. The van der Waals surface area contributed by atoms with Crippen molar-refractivity contribution in [2.24, 2.45) is 0 Å². The van der Waals surface area contributed by atoms with Crippen molar-refractivity contribution in [3.63, 3.8) is 0 Å². The minimum atomic E-state index is -0.238. The Morgan fingerprint density at radius 3 is 2.93 bits per heavy atom. The highest BCUT2D eigenvalue weighted by molar-refractivity contribution is 7.98. The molecule has 3 rings (SSSR count). The maximum atomic E-state index is 14.2. The topological polar surface area (TPSA) is 78.1 Å². The molecule has 1 aliphatic rings. The summed E-state index contributed by atoms with van der Waals surface area (Å²) in [6.07, 6.45) is 4.16. The van der Waals surface area contributed by atoms with Gasteiger partial charge >= 0.3 is 0 Å². The average Bonchev–Trinajstić information content (AvgIpc) is 2.69. The van der Waals surface area contributed by atoms with Crippen molar-refractivity contribution in [1.82, 2.24) is 15.3 Å². The van der Waals surface area contributed by atoms with Crippen LogP contribution in [0.15, 0.2) is 28.2 Å². The van der Waals surface area contributed by atoms with E-state index in [1.54, 1.807) is 13.0 Å². The molecular formula is C21H27FN4O2S. The van der Waals surface area contributed by atoms with Crippen LogP contribution in [0.25, 0.3) is 0 Å². The van der Waals surface area contributed by atoms with Crippen LogP contribution in [0.4, 0.5) is 10.1 Å². The van der Waals surface area contributed by atoms with Gasteiger partial charge in [-0.3, -0.25) is 9.59 Å². The number of hydrogen-bond donors (Lipinski definition) is 2. The number of aryl methyl sites for hydroxylation is 2. The SMILES string of the molecule is CSc1nc(C)c(CCC(=O)NC2CCCN(c3cc(C)ccc3F)C2)c(=O)[nH]1. The molecule has 1 atom stereocenters. The Bertz CT molecular complexity index is 947. The van der Waals surface area contributed by atoms with E-state index in [0.29, 0.717) is 35.1 Å². The maximum absolute atomic E-state index is 14.2. The number of benzene rings is 1. The second kappa shape index (κ2) is 9.43. The van der Waals surface area contributed by atoms with Gasteiger partial charge in [-0.2, -0.15) is 0 Å². The van der Waals surface area contributed by atoms with E-state index in [1.165, 1.54) is 17.8 Å². The van der Waals surface area contributed by atoms with Gasteiger partial charge in [0.25, 0.3) is 5.56 Å². The fourth-order valence-electron chi connectivity index (χ4n) is 3.69. The van der Waals surface area contributed by atoms with E-state index >= 15 is 0 Å². The molecule has 1 unspecified atom stereocenters. The number of hydrogen-bond acceptors (Lipinski definition) is 5. The van der Waals surface area contributed by atoms with Crippen molar-refractivity contribution >= 4 is 23.4 Å². The molecule has 2 aromatic rings. The monoisotopic (exact) mass is 418 g/mol. The number of H-pyrrole nitrogens is 1. The summed E-state index contributed by atoms with van der Waals surface area (Å²) in [5.74, 6) is -0.340. The van der Waals surface area contributed by atoms with Crippen molar-refractivity contribution in [2.45, 2.75) is 50.7 Å². The molecule has 0 saturated carbocycles. The fraction of sp³-hybridized carbons (Fsp3) is 0.476. The second-order valence-electron chi connectivity index (χ2n) is 7.45. The van der Waals surface area contributed by atoms with Gasteiger partial charge in [-0.05, 0) is 57.1 Å². The molecule has 2 N–H and O–H groups in total. The number of amides is 1. The quantitative estimate of drug-likeness (QED) is 0.557. The Morgan fingerprint density at radius 2 is 2.21 bits per heavy atom. The van der Waals surface area contributed by atoms with Crippen LogP contribution in [0.3, 0.4) is 0 Å². The summed E-state index contributed by atoms with van der Waals surface area (Å²) < 4.78 is 14.2. The van der Waals surface area contributed by atoms with E-state index in [2.05, 4.69) is 15.3 Å². The first-order chi connectivity index (χ1) is 13.9. The van der Waals surface area contributed by atoms with Gasteiger partial charge in [0.1, 0.15) is 5.82 Å². The smallest absolute Gasteiger partial charge is 0.254 e. The number of nitrogens with one attached hydrogen (secondary N) is 2. The Labute approximate surface area is 174 Å². The summed E-state index contributed by atoms with van der Waals surface area (Å²) in [5, 5.41) is 3.62. The molecule has 1 amide bonds. The molecule has 0 radical (unpaired) electrons. The highest BCUT2D eigenvalue weighted by Gasteiger charge is 2.23. The number of piperidine rings is 1. The summed E-state index contributed by atoms with van der Waals surface area (Å²) >= 11 is 1.38. The third-order valence-electron chi connectivity index (χ3n) is 5.22. The molecule has 1 aliphatic heterocycles. The number of halogens is 1. The molecule has 1 aromatic heterocycles. The number of carbonyl (C=O) groups excluding carboxylic acids is 1. The normalized spacial score (nSPS) is 16.7. The zero-order valence-corrected chi connectivity index (χ0v) is 17.9. The van der Waals surface area contributed by atoms with E-state index in [-0.39, 0.29) is 29.7 Å². The summed E-state index contributed by atoms with van der Waals surface area (Å²) in [7, 11) is 0. The van der Waals surface area contributed by atoms with Crippen molar-refractivity contribution in [1.29, 1.82) is 0 Å². The first kappa shape index (κ1) is 21.4. The Kier molecular flexibility index (Phi) is 6.95. The lowest BCUT2D eigenvalue weighted by Gasteiger charge is -2.35. The standard InChI is InChI=1S/C21H27FN4O2S/c1-13-6-8-17(22)18(11-13)26-10-4-5-15(12-26)24-19(27)9-7-16-14(2)23-21(29-3)25-20(16)28/h6,8,11,15H,4-5,7,9-10,12H2,1-3H3,(H,24,27)(H,23,25,28). The second-order valence-corrected chi connectivity index (χ2v) is 8.24. The summed E-state index contributed by atoms with van der Waals surface area (Å²) in [4.78, 5) is 33.7. The molecule has 156 valence electrons. The predicted molar refractivity (Wildman–Crippen MR) is 114 cm³/mol. The van der Waals surface area contributed by atoms with Crippen LogP contribution in [0.1, 0.15) is 36.1 Å². The number of rotatable bonds is 6. The lowest BCUT2D eigenvalue weighted by molar-refractivity contribution is -0.121. The third kappa shape index (κ3) is 5.38. The van der Waals surface area contributed by atoms with E-state index in [9.17, 15) is 14.0 Å². The summed E-state index contributed by atoms with van der Waals surface area (Å²) in [6, 6.07) is 5.06. The minimum absolute atomic E-state index is 0.0347. The zero-order valence-electron chi connectivity index (χ0n) is 17.0. The van der Waals surface area contributed by atoms with Gasteiger partial charge < -0.3 is 15.2 Å². The van der Waals surface area contributed by atoms with Crippen LogP contribution in [0.5, 0.6) is 0 Å². The molecule has 29 heavy (non-hydrogen) atoms. The largest absolute Gasteiger partial charge is 0.367 e. The van der Waals surface area contributed by atoms with Crippen LogP contribution >= 0.6 is 11.8 Å². The number of thioether (sulfide) groups is 1. The maximum Gasteiger partial charge on any atom is 0.254 e. The molecule has 2 heterocycles. The molecule has 1 aromatic carbocycles. The molecule has 0 spiro atoms. The van der Waals surface area contributed by atoms with Crippen LogP contribution in [0, 0.1) is 19.7 Å². The highest BCUT2D eigenvalue weighted by Crippen LogP contribution is 2.24. The van der Waals surface area contributed by atoms with E-state index in [1.807, 2.05) is 24.1 Å². The Morgan fingerprint density at radius 1 is 1.41 bits per heavy atom. The van der Waals surface area contributed by atoms with Gasteiger partial charge in [0.05, 0.1) is 5.69 Å². The van der Waals surface area contributed by atoms with Crippen LogP contribution in [0.2, 0.25) is 0 Å². The highest BCUT2D eigenvalue weighted by atomic mass is 32.2. The number of aromatic amines is 1. The molecule has 1 saturated heterocycles. The van der Waals surface area contributed by atoms with Crippen LogP contribution in [-0.2, 0) is 11.2 Å². The predicted octanol–water partition coefficient (Wildman–Crippen LogP) is 2.97. The molecule has 0 bridgehead atoms. The van der Waals surface area contributed by atoms with Gasteiger partial charge in [-0.25, -0.2) is 9.37 Å². The summed E-state index contributed by atoms with van der Waals surface area (Å²) in [6.45, 7) is 5.08.